The molecule has 0 amide bonds. The fourth-order valence-corrected chi connectivity index (χ4v) is 2.61. The summed E-state index contributed by atoms with van der Waals surface area (Å²) in [5.74, 6) is 0. The van der Waals surface area contributed by atoms with Crippen molar-refractivity contribution >= 4 is 22.2 Å². The molecule has 4 rings (SSSR count). The molecule has 2 aromatic heterocycles. The van der Waals surface area contributed by atoms with Crippen molar-refractivity contribution in [1.29, 1.82) is 0 Å². The van der Waals surface area contributed by atoms with Crippen molar-refractivity contribution < 1.29 is 0 Å². The van der Waals surface area contributed by atoms with Crippen LogP contribution in [0.1, 0.15) is 0 Å². The number of pyridine rings is 1. The highest BCUT2D eigenvalue weighted by atomic mass is 32.1. The number of para-hydroxylation sites is 1. The van der Waals surface area contributed by atoms with Crippen LogP contribution in [0, 0.1) is 0 Å². The predicted molar refractivity (Wildman–Crippen MR) is 89.3 cm³/mol. The minimum absolute atomic E-state index is 1.06. The van der Waals surface area contributed by atoms with Crippen molar-refractivity contribution in [1.82, 2.24) is 9.97 Å². The van der Waals surface area contributed by atoms with E-state index in [1.54, 1.807) is 11.3 Å². The number of benzene rings is 2. The van der Waals surface area contributed by atoms with Crippen LogP contribution in [-0.4, -0.2) is 9.97 Å². The summed E-state index contributed by atoms with van der Waals surface area (Å²) in [5, 5.41) is 4.28. The predicted octanol–water partition coefficient (Wildman–Crippen LogP) is 5.04. The molecule has 0 saturated carbocycles. The number of hydrogen-bond donors (Lipinski definition) is 0. The van der Waals surface area contributed by atoms with Crippen molar-refractivity contribution in [3.05, 3.63) is 84.5 Å². The first-order valence-electron chi connectivity index (χ1n) is 6.68. The first-order valence-corrected chi connectivity index (χ1v) is 7.56. The second-order valence-electron chi connectivity index (χ2n) is 4.40. The molecule has 0 aliphatic carbocycles. The molecule has 0 fully saturated rings. The normalized spacial score (nSPS) is 9.90. The third-order valence-electron chi connectivity index (χ3n) is 2.97. The van der Waals surface area contributed by atoms with Gasteiger partial charge in [0.25, 0.3) is 0 Å². The quantitative estimate of drug-likeness (QED) is 0.490. The molecule has 0 N–H and O–H groups in total. The molecule has 0 saturated heterocycles. The molecule has 21 heavy (non-hydrogen) atoms. The van der Waals surface area contributed by atoms with Crippen molar-refractivity contribution in [3.8, 4) is 10.6 Å². The van der Waals surface area contributed by atoms with E-state index in [2.05, 4.69) is 34.2 Å². The SMILES string of the molecule is c1ccc(-c2nccs2)cc1.c1ccc2ncccc2c1. The summed E-state index contributed by atoms with van der Waals surface area (Å²) in [6.07, 6.45) is 3.63. The molecule has 0 radical (unpaired) electrons. The summed E-state index contributed by atoms with van der Waals surface area (Å²) in [6, 6.07) is 22.3. The Balaban J connectivity index is 0.000000126. The van der Waals surface area contributed by atoms with Crippen LogP contribution in [0.4, 0.5) is 0 Å². The molecule has 0 unspecified atom stereocenters. The van der Waals surface area contributed by atoms with E-state index >= 15 is 0 Å². The highest BCUT2D eigenvalue weighted by molar-refractivity contribution is 7.13. The molecule has 0 atom stereocenters. The third-order valence-corrected chi connectivity index (χ3v) is 3.79. The summed E-state index contributed by atoms with van der Waals surface area (Å²) in [7, 11) is 0. The number of nitrogens with zero attached hydrogens (tertiary/aromatic N) is 2. The average Bonchev–Trinajstić information content (AvgIpc) is 3.11. The minimum Gasteiger partial charge on any atom is -0.256 e. The maximum atomic E-state index is 4.20. The smallest absolute Gasteiger partial charge is 0.123 e. The van der Waals surface area contributed by atoms with Gasteiger partial charge in [-0.15, -0.1) is 11.3 Å². The van der Waals surface area contributed by atoms with Crippen molar-refractivity contribution in [2.24, 2.45) is 0 Å². The number of aromatic nitrogens is 2. The summed E-state index contributed by atoms with van der Waals surface area (Å²) in [4.78, 5) is 8.39. The van der Waals surface area contributed by atoms with Crippen LogP contribution in [0.2, 0.25) is 0 Å². The molecule has 0 aliphatic rings. The van der Waals surface area contributed by atoms with Crippen LogP contribution in [0.25, 0.3) is 21.5 Å². The monoisotopic (exact) mass is 290 g/mol. The van der Waals surface area contributed by atoms with Gasteiger partial charge in [-0.2, -0.15) is 0 Å². The molecule has 2 aromatic carbocycles. The standard InChI is InChI=1S/C9H7NS.C9H7N/c1-2-4-8(5-3-1)9-10-6-7-11-9;1-2-6-9-8(4-1)5-3-7-10-9/h1-7H;1-7H. The van der Waals surface area contributed by atoms with E-state index in [0.717, 1.165) is 10.5 Å². The lowest BCUT2D eigenvalue weighted by Gasteiger charge is -1.91. The van der Waals surface area contributed by atoms with Gasteiger partial charge in [-0.05, 0) is 12.1 Å². The van der Waals surface area contributed by atoms with E-state index in [0.29, 0.717) is 0 Å². The van der Waals surface area contributed by atoms with Crippen molar-refractivity contribution in [2.75, 3.05) is 0 Å². The van der Waals surface area contributed by atoms with Gasteiger partial charge in [-0.1, -0.05) is 54.6 Å². The van der Waals surface area contributed by atoms with Gasteiger partial charge in [-0.3, -0.25) is 4.98 Å². The molecular formula is C18H14N2S. The zero-order chi connectivity index (χ0) is 14.3. The fraction of sp³-hybridized carbons (Fsp3) is 0. The number of hydrogen-bond acceptors (Lipinski definition) is 3. The topological polar surface area (TPSA) is 25.8 Å². The summed E-state index contributed by atoms with van der Waals surface area (Å²) in [6.45, 7) is 0. The summed E-state index contributed by atoms with van der Waals surface area (Å²) in [5.41, 5.74) is 2.26. The Bertz CT molecular complexity index is 730. The van der Waals surface area contributed by atoms with Gasteiger partial charge >= 0.3 is 0 Å². The molecule has 102 valence electrons. The molecule has 2 heterocycles. The van der Waals surface area contributed by atoms with Gasteiger partial charge in [0.1, 0.15) is 5.01 Å². The van der Waals surface area contributed by atoms with Crippen molar-refractivity contribution in [2.45, 2.75) is 0 Å². The van der Waals surface area contributed by atoms with Gasteiger partial charge in [0.2, 0.25) is 0 Å². The molecular weight excluding hydrogens is 276 g/mol. The molecule has 0 spiro atoms. The molecule has 4 aromatic rings. The first-order chi connectivity index (χ1) is 10.4. The molecule has 0 aliphatic heterocycles. The Labute approximate surface area is 127 Å². The second kappa shape index (κ2) is 6.77. The Hall–Kier alpha value is -2.52. The van der Waals surface area contributed by atoms with E-state index < -0.39 is 0 Å². The Kier molecular flexibility index (Phi) is 4.34. The van der Waals surface area contributed by atoms with E-state index in [9.17, 15) is 0 Å². The molecule has 3 heteroatoms. The summed E-state index contributed by atoms with van der Waals surface area (Å²) >= 11 is 1.66. The van der Waals surface area contributed by atoms with E-state index in [1.165, 1.54) is 10.9 Å². The molecule has 0 bridgehead atoms. The van der Waals surface area contributed by atoms with Gasteiger partial charge in [-0.25, -0.2) is 4.98 Å². The highest BCUT2D eigenvalue weighted by Crippen LogP contribution is 2.20. The second-order valence-corrected chi connectivity index (χ2v) is 5.29. The Morgan fingerprint density at radius 3 is 2.19 bits per heavy atom. The van der Waals surface area contributed by atoms with Gasteiger partial charge in [0, 0.05) is 28.7 Å². The van der Waals surface area contributed by atoms with Crippen LogP contribution in [-0.2, 0) is 0 Å². The molecule has 2 nitrogen and oxygen atoms in total. The largest absolute Gasteiger partial charge is 0.256 e. The highest BCUT2D eigenvalue weighted by Gasteiger charge is 1.95. The maximum absolute atomic E-state index is 4.20. The van der Waals surface area contributed by atoms with Gasteiger partial charge < -0.3 is 0 Å². The lowest BCUT2D eigenvalue weighted by molar-refractivity contribution is 1.41. The van der Waals surface area contributed by atoms with E-state index in [1.807, 2.05) is 60.2 Å². The zero-order valence-corrected chi connectivity index (χ0v) is 12.2. The number of fused-ring (bicyclic) bond motifs is 1. The Morgan fingerprint density at radius 1 is 0.667 bits per heavy atom. The van der Waals surface area contributed by atoms with Crippen LogP contribution in [0.5, 0.6) is 0 Å². The van der Waals surface area contributed by atoms with Gasteiger partial charge in [0.05, 0.1) is 5.52 Å². The minimum atomic E-state index is 1.06. The lowest BCUT2D eigenvalue weighted by atomic mass is 10.2. The zero-order valence-electron chi connectivity index (χ0n) is 11.4. The van der Waals surface area contributed by atoms with Crippen LogP contribution in [0.3, 0.4) is 0 Å². The third kappa shape index (κ3) is 3.52. The lowest BCUT2D eigenvalue weighted by Crippen LogP contribution is -1.73. The van der Waals surface area contributed by atoms with Crippen LogP contribution in [0.15, 0.2) is 84.5 Å². The maximum Gasteiger partial charge on any atom is 0.123 e. The number of thiazole rings is 1. The Morgan fingerprint density at radius 2 is 1.43 bits per heavy atom. The van der Waals surface area contributed by atoms with Gasteiger partial charge in [0.15, 0.2) is 0 Å². The average molecular weight is 290 g/mol. The van der Waals surface area contributed by atoms with Crippen molar-refractivity contribution in [3.63, 3.8) is 0 Å². The van der Waals surface area contributed by atoms with Crippen LogP contribution >= 0.6 is 11.3 Å². The summed E-state index contributed by atoms with van der Waals surface area (Å²) < 4.78 is 0. The first kappa shape index (κ1) is 13.5. The number of rotatable bonds is 1. The fourth-order valence-electron chi connectivity index (χ4n) is 1.96. The van der Waals surface area contributed by atoms with E-state index in [-0.39, 0.29) is 0 Å². The van der Waals surface area contributed by atoms with Crippen LogP contribution < -0.4 is 0 Å². The van der Waals surface area contributed by atoms with E-state index in [4.69, 9.17) is 0 Å².